The van der Waals surface area contributed by atoms with Crippen molar-refractivity contribution >= 4 is 21.7 Å². The molecule has 1 atom stereocenters. The van der Waals surface area contributed by atoms with E-state index in [1.807, 2.05) is 6.20 Å². The molecule has 10 heteroatoms. The minimum Gasteiger partial charge on any atom is -0.477 e. The van der Waals surface area contributed by atoms with Gasteiger partial charge in [0.15, 0.2) is 0 Å². The van der Waals surface area contributed by atoms with Gasteiger partial charge < -0.3 is 19.7 Å². The highest BCUT2D eigenvalue weighted by Crippen LogP contribution is 2.32. The lowest BCUT2D eigenvalue weighted by atomic mass is 9.87. The van der Waals surface area contributed by atoms with Gasteiger partial charge in [0.05, 0.1) is 31.6 Å². The molecule has 5 rings (SSSR count). The molecule has 0 radical (unpaired) electrons. The number of nitrogens with zero attached hydrogens (tertiary/aromatic N) is 4. The predicted octanol–water partition coefficient (Wildman–Crippen LogP) is 3.63. The molecule has 3 heterocycles. The molecule has 1 aromatic heterocycles. The van der Waals surface area contributed by atoms with Gasteiger partial charge in [0.2, 0.25) is 21.9 Å². The molecule has 0 spiro atoms. The van der Waals surface area contributed by atoms with Crippen molar-refractivity contribution in [2.45, 2.75) is 45.1 Å². The second kappa shape index (κ2) is 11.5. The fourth-order valence-electron chi connectivity index (χ4n) is 5.44. The van der Waals surface area contributed by atoms with E-state index in [9.17, 15) is 8.42 Å². The maximum atomic E-state index is 11.9. The lowest BCUT2D eigenvalue weighted by Gasteiger charge is -2.29. The molecule has 2 aliphatic heterocycles. The maximum Gasteiger partial charge on any atom is 0.226 e. The number of nitrogens with one attached hydrogen (secondary N) is 1. The average molecular weight is 530 g/mol. The summed E-state index contributed by atoms with van der Waals surface area (Å²) >= 11 is 0. The van der Waals surface area contributed by atoms with Crippen LogP contribution in [0, 0.1) is 11.8 Å². The molecule has 202 valence electrons. The summed E-state index contributed by atoms with van der Waals surface area (Å²) in [4.78, 5) is 11.8. The van der Waals surface area contributed by atoms with Crippen molar-refractivity contribution in [1.82, 2.24) is 14.3 Å². The molecule has 0 amide bonds. The third kappa shape index (κ3) is 6.72. The molecular weight excluding hydrogens is 490 g/mol. The van der Waals surface area contributed by atoms with E-state index < -0.39 is 10.0 Å². The summed E-state index contributed by atoms with van der Waals surface area (Å²) in [6.07, 6.45) is 8.57. The smallest absolute Gasteiger partial charge is 0.226 e. The Kier molecular flexibility index (Phi) is 8.16. The van der Waals surface area contributed by atoms with Gasteiger partial charge in [0, 0.05) is 50.0 Å². The number of benzene rings is 1. The third-order valence-corrected chi connectivity index (χ3v) is 9.10. The zero-order chi connectivity index (χ0) is 25.8. The normalized spacial score (nSPS) is 25.2. The first-order valence-electron chi connectivity index (χ1n) is 13.5. The Labute approximate surface area is 220 Å². The molecule has 2 aromatic rings. The summed E-state index contributed by atoms with van der Waals surface area (Å²) in [6.45, 7) is 7.04. The number of hydrogen-bond acceptors (Lipinski definition) is 8. The zero-order valence-corrected chi connectivity index (χ0v) is 22.8. The summed E-state index contributed by atoms with van der Waals surface area (Å²) in [7, 11) is -3.18. The molecule has 3 fully saturated rings. The molecule has 1 N–H and O–H groups in total. The standard InChI is InChI=1S/C27H39N5O4S/c1-20-3-7-23(8-4-20)29-27-28-17-25(22-5-9-24(10-6-22)31-13-15-35-16-14-31)26(30-27)36-19-21-11-12-32(18-21)37(2,33)34/h5-6,9-10,17,20-21,23H,3-4,7-8,11-16,18-19H2,1-2H3,(H,28,29,30)/t20?,21-,23?/m1/s1. The van der Waals surface area contributed by atoms with Gasteiger partial charge in [-0.15, -0.1) is 0 Å². The maximum absolute atomic E-state index is 11.9. The topological polar surface area (TPSA) is 96.9 Å². The van der Waals surface area contributed by atoms with Crippen molar-refractivity contribution in [2.75, 3.05) is 62.5 Å². The number of morpholine rings is 1. The predicted molar refractivity (Wildman–Crippen MR) is 146 cm³/mol. The monoisotopic (exact) mass is 529 g/mol. The Balaban J connectivity index is 1.33. The summed E-state index contributed by atoms with van der Waals surface area (Å²) in [5.41, 5.74) is 3.01. The number of hydrogen-bond donors (Lipinski definition) is 1. The van der Waals surface area contributed by atoms with Crippen LogP contribution < -0.4 is 15.0 Å². The minimum atomic E-state index is -3.18. The first-order chi connectivity index (χ1) is 17.8. The van der Waals surface area contributed by atoms with E-state index in [0.717, 1.165) is 62.6 Å². The number of anilines is 2. The van der Waals surface area contributed by atoms with Gasteiger partial charge in [-0.25, -0.2) is 17.7 Å². The van der Waals surface area contributed by atoms with E-state index in [1.54, 1.807) is 0 Å². The van der Waals surface area contributed by atoms with Crippen LogP contribution >= 0.6 is 0 Å². The molecule has 9 nitrogen and oxygen atoms in total. The highest BCUT2D eigenvalue weighted by Gasteiger charge is 2.29. The van der Waals surface area contributed by atoms with E-state index in [-0.39, 0.29) is 5.92 Å². The van der Waals surface area contributed by atoms with Crippen molar-refractivity contribution < 1.29 is 17.9 Å². The molecular formula is C27H39N5O4S. The van der Waals surface area contributed by atoms with E-state index in [2.05, 4.69) is 46.4 Å². The molecule has 0 unspecified atom stereocenters. The van der Waals surface area contributed by atoms with Crippen LogP contribution in [0.2, 0.25) is 0 Å². The number of aromatic nitrogens is 2. The highest BCUT2D eigenvalue weighted by atomic mass is 32.2. The summed E-state index contributed by atoms with van der Waals surface area (Å²) in [6, 6.07) is 8.81. The van der Waals surface area contributed by atoms with E-state index in [1.165, 1.54) is 29.1 Å². The second-order valence-corrected chi connectivity index (χ2v) is 12.7. The number of rotatable bonds is 8. The molecule has 1 aromatic carbocycles. The zero-order valence-electron chi connectivity index (χ0n) is 21.9. The first kappa shape index (κ1) is 26.2. The van der Waals surface area contributed by atoms with E-state index in [0.29, 0.717) is 37.6 Å². The first-order valence-corrected chi connectivity index (χ1v) is 15.3. The van der Waals surface area contributed by atoms with Crippen LogP contribution in [0.5, 0.6) is 5.88 Å². The molecule has 3 aliphatic rings. The van der Waals surface area contributed by atoms with Crippen molar-refractivity contribution in [1.29, 1.82) is 0 Å². The Hall–Kier alpha value is -2.43. The van der Waals surface area contributed by atoms with Crippen LogP contribution in [0.4, 0.5) is 11.6 Å². The fourth-order valence-corrected chi connectivity index (χ4v) is 6.35. The van der Waals surface area contributed by atoms with Crippen LogP contribution in [-0.4, -0.2) is 81.0 Å². The van der Waals surface area contributed by atoms with Crippen molar-refractivity contribution in [2.24, 2.45) is 11.8 Å². The quantitative estimate of drug-likeness (QED) is 0.554. The van der Waals surface area contributed by atoms with Gasteiger partial charge in [-0.3, -0.25) is 0 Å². The van der Waals surface area contributed by atoms with E-state index in [4.69, 9.17) is 14.5 Å². The van der Waals surface area contributed by atoms with Crippen LogP contribution in [0.3, 0.4) is 0 Å². The van der Waals surface area contributed by atoms with Gasteiger partial charge in [-0.05, 0) is 55.7 Å². The van der Waals surface area contributed by atoms with Gasteiger partial charge in [-0.1, -0.05) is 19.1 Å². The lowest BCUT2D eigenvalue weighted by Crippen LogP contribution is -2.36. The Morgan fingerprint density at radius 3 is 2.46 bits per heavy atom. The molecule has 2 saturated heterocycles. The van der Waals surface area contributed by atoms with Crippen LogP contribution in [0.1, 0.15) is 39.0 Å². The lowest BCUT2D eigenvalue weighted by molar-refractivity contribution is 0.122. The number of sulfonamides is 1. The molecule has 37 heavy (non-hydrogen) atoms. The van der Waals surface area contributed by atoms with Crippen molar-refractivity contribution in [3.8, 4) is 17.0 Å². The largest absolute Gasteiger partial charge is 0.477 e. The van der Waals surface area contributed by atoms with Crippen LogP contribution in [0.15, 0.2) is 30.5 Å². The molecule has 1 saturated carbocycles. The summed E-state index contributed by atoms with van der Waals surface area (Å²) < 4.78 is 37.2. The minimum absolute atomic E-state index is 0.137. The van der Waals surface area contributed by atoms with Crippen LogP contribution in [-0.2, 0) is 14.8 Å². The van der Waals surface area contributed by atoms with Crippen LogP contribution in [0.25, 0.3) is 11.1 Å². The van der Waals surface area contributed by atoms with Gasteiger partial charge in [-0.2, -0.15) is 4.98 Å². The van der Waals surface area contributed by atoms with E-state index >= 15 is 0 Å². The summed E-state index contributed by atoms with van der Waals surface area (Å²) in [5, 5.41) is 3.52. The second-order valence-electron chi connectivity index (χ2n) is 10.7. The highest BCUT2D eigenvalue weighted by molar-refractivity contribution is 7.88. The summed E-state index contributed by atoms with van der Waals surface area (Å²) in [5.74, 6) is 2.04. The van der Waals surface area contributed by atoms with Crippen molar-refractivity contribution in [3.05, 3.63) is 30.5 Å². The number of ether oxygens (including phenoxy) is 2. The third-order valence-electron chi connectivity index (χ3n) is 7.83. The average Bonchev–Trinajstić information content (AvgIpc) is 3.40. The fraction of sp³-hybridized carbons (Fsp3) is 0.630. The Morgan fingerprint density at radius 1 is 1.05 bits per heavy atom. The molecule has 1 aliphatic carbocycles. The van der Waals surface area contributed by atoms with Gasteiger partial charge in [0.25, 0.3) is 0 Å². The SMILES string of the molecule is CC1CCC(Nc2ncc(-c3ccc(N4CCOCC4)cc3)c(OC[C@@H]3CCN(S(C)(=O)=O)C3)n2)CC1. The Bertz CT molecular complexity index is 1150. The molecule has 0 bridgehead atoms. The van der Waals surface area contributed by atoms with Gasteiger partial charge >= 0.3 is 0 Å². The Morgan fingerprint density at radius 2 is 1.78 bits per heavy atom. The van der Waals surface area contributed by atoms with Gasteiger partial charge in [0.1, 0.15) is 0 Å². The van der Waals surface area contributed by atoms with Crippen molar-refractivity contribution in [3.63, 3.8) is 0 Å².